The minimum atomic E-state index is -0.188. The van der Waals surface area contributed by atoms with E-state index in [4.69, 9.17) is 9.47 Å². The van der Waals surface area contributed by atoms with E-state index in [0.29, 0.717) is 12.7 Å². The molecule has 0 aromatic carbocycles. The summed E-state index contributed by atoms with van der Waals surface area (Å²) in [6.07, 6.45) is 10.9. The number of unbranched alkanes of at least 4 members (excludes halogenated alkanes) is 3. The molecule has 0 aliphatic heterocycles. The van der Waals surface area contributed by atoms with Gasteiger partial charge in [-0.3, -0.25) is 0 Å². The molecule has 16 heavy (non-hydrogen) atoms. The second-order valence-corrected chi connectivity index (χ2v) is 4.47. The first-order chi connectivity index (χ1) is 7.83. The molecular formula is C13H24O3. The highest BCUT2D eigenvalue weighted by Crippen LogP contribution is 2.23. The van der Waals surface area contributed by atoms with Crippen LogP contribution in [-0.4, -0.2) is 31.7 Å². The molecule has 2 atom stereocenters. The summed E-state index contributed by atoms with van der Waals surface area (Å²) in [6.45, 7) is 1.21. The van der Waals surface area contributed by atoms with Crippen molar-refractivity contribution in [3.8, 4) is 0 Å². The second-order valence-electron chi connectivity index (χ2n) is 4.47. The van der Waals surface area contributed by atoms with Crippen molar-refractivity contribution in [1.82, 2.24) is 0 Å². The Hall–Kier alpha value is -0.380. The standard InChI is InChI=1S/C13H24O3/c1-15-11-16-9-5-3-2-4-6-12-7-8-13(14)10-12/h7-8,12-14H,2-6,9-11H2,1H3/t12-,13-/m0/s1. The third-order valence-electron chi connectivity index (χ3n) is 2.96. The van der Waals surface area contributed by atoms with E-state index in [1.807, 2.05) is 6.08 Å². The lowest BCUT2D eigenvalue weighted by molar-refractivity contribution is -0.0315. The van der Waals surface area contributed by atoms with Crippen molar-refractivity contribution in [2.45, 2.75) is 44.6 Å². The zero-order valence-corrected chi connectivity index (χ0v) is 10.2. The van der Waals surface area contributed by atoms with Crippen LogP contribution >= 0.6 is 0 Å². The van der Waals surface area contributed by atoms with Gasteiger partial charge in [0, 0.05) is 13.7 Å². The quantitative estimate of drug-likeness (QED) is 0.374. The average Bonchev–Trinajstić information content (AvgIpc) is 2.68. The fraction of sp³-hybridized carbons (Fsp3) is 0.846. The molecule has 0 radical (unpaired) electrons. The molecule has 1 rings (SSSR count). The third kappa shape index (κ3) is 6.26. The number of methoxy groups -OCH3 is 1. The molecule has 0 saturated heterocycles. The Morgan fingerprint density at radius 1 is 1.19 bits per heavy atom. The smallest absolute Gasteiger partial charge is 0.146 e. The van der Waals surface area contributed by atoms with Gasteiger partial charge < -0.3 is 14.6 Å². The van der Waals surface area contributed by atoms with Gasteiger partial charge in [0.1, 0.15) is 6.79 Å². The maximum absolute atomic E-state index is 9.31. The van der Waals surface area contributed by atoms with Gasteiger partial charge in [0.15, 0.2) is 0 Å². The number of ether oxygens (including phenoxy) is 2. The summed E-state index contributed by atoms with van der Waals surface area (Å²) >= 11 is 0. The molecular weight excluding hydrogens is 204 g/mol. The molecule has 0 heterocycles. The third-order valence-corrected chi connectivity index (χ3v) is 2.96. The molecule has 0 saturated carbocycles. The van der Waals surface area contributed by atoms with Crippen LogP contribution in [0.3, 0.4) is 0 Å². The first-order valence-electron chi connectivity index (χ1n) is 6.26. The number of hydrogen-bond donors (Lipinski definition) is 1. The predicted octanol–water partition coefficient (Wildman–Crippen LogP) is 2.49. The number of rotatable bonds is 9. The van der Waals surface area contributed by atoms with E-state index in [1.165, 1.54) is 25.7 Å². The SMILES string of the molecule is COCOCCCCCC[C@H]1C=C[C@H](O)C1. The minimum Gasteiger partial charge on any atom is -0.389 e. The van der Waals surface area contributed by atoms with Crippen molar-refractivity contribution in [1.29, 1.82) is 0 Å². The lowest BCUT2D eigenvalue weighted by Gasteiger charge is -2.08. The van der Waals surface area contributed by atoms with Crippen LogP contribution < -0.4 is 0 Å². The van der Waals surface area contributed by atoms with Crippen LogP contribution in [0.5, 0.6) is 0 Å². The molecule has 3 heteroatoms. The van der Waals surface area contributed by atoms with E-state index in [2.05, 4.69) is 6.08 Å². The van der Waals surface area contributed by atoms with E-state index in [1.54, 1.807) is 7.11 Å². The van der Waals surface area contributed by atoms with E-state index in [0.717, 1.165) is 19.4 Å². The Bertz CT molecular complexity index is 192. The Morgan fingerprint density at radius 2 is 2.00 bits per heavy atom. The lowest BCUT2D eigenvalue weighted by atomic mass is 10.00. The Kier molecular flexibility index (Phi) is 7.47. The number of allylic oxidation sites excluding steroid dienone is 1. The molecule has 1 N–H and O–H groups in total. The molecule has 1 aliphatic rings. The molecule has 1 aliphatic carbocycles. The average molecular weight is 228 g/mol. The van der Waals surface area contributed by atoms with Gasteiger partial charge >= 0.3 is 0 Å². The number of hydrogen-bond acceptors (Lipinski definition) is 3. The summed E-state index contributed by atoms with van der Waals surface area (Å²) in [7, 11) is 1.64. The summed E-state index contributed by atoms with van der Waals surface area (Å²) < 4.78 is 10.0. The largest absolute Gasteiger partial charge is 0.389 e. The van der Waals surface area contributed by atoms with Crippen LogP contribution in [0.2, 0.25) is 0 Å². The van der Waals surface area contributed by atoms with Gasteiger partial charge in [0.25, 0.3) is 0 Å². The number of aliphatic hydroxyl groups is 1. The Labute approximate surface area is 98.4 Å². The van der Waals surface area contributed by atoms with E-state index in [-0.39, 0.29) is 6.10 Å². The second kappa shape index (κ2) is 8.74. The fourth-order valence-electron chi connectivity index (χ4n) is 2.07. The first kappa shape index (κ1) is 13.7. The molecule has 0 fully saturated rings. The molecule has 3 nitrogen and oxygen atoms in total. The lowest BCUT2D eigenvalue weighted by Crippen LogP contribution is -2.02. The molecule has 0 bridgehead atoms. The van der Waals surface area contributed by atoms with Gasteiger partial charge in [0.2, 0.25) is 0 Å². The maximum Gasteiger partial charge on any atom is 0.146 e. The van der Waals surface area contributed by atoms with Gasteiger partial charge in [-0.15, -0.1) is 0 Å². The van der Waals surface area contributed by atoms with E-state index >= 15 is 0 Å². The molecule has 0 unspecified atom stereocenters. The Morgan fingerprint density at radius 3 is 2.69 bits per heavy atom. The summed E-state index contributed by atoms with van der Waals surface area (Å²) in [4.78, 5) is 0. The highest BCUT2D eigenvalue weighted by atomic mass is 16.7. The van der Waals surface area contributed by atoms with Gasteiger partial charge in [0.05, 0.1) is 6.10 Å². The molecule has 0 aromatic rings. The Balaban J connectivity index is 1.80. The van der Waals surface area contributed by atoms with Crippen LogP contribution in [0.1, 0.15) is 38.5 Å². The van der Waals surface area contributed by atoms with Crippen LogP contribution in [0.4, 0.5) is 0 Å². The maximum atomic E-state index is 9.31. The zero-order valence-electron chi connectivity index (χ0n) is 10.2. The van der Waals surface area contributed by atoms with Gasteiger partial charge in [-0.05, 0) is 25.2 Å². The first-order valence-corrected chi connectivity index (χ1v) is 6.26. The van der Waals surface area contributed by atoms with Crippen molar-refractivity contribution < 1.29 is 14.6 Å². The summed E-state index contributed by atoms with van der Waals surface area (Å²) in [5.74, 6) is 0.611. The van der Waals surface area contributed by atoms with Gasteiger partial charge in [-0.2, -0.15) is 0 Å². The van der Waals surface area contributed by atoms with Crippen molar-refractivity contribution in [2.24, 2.45) is 5.92 Å². The topological polar surface area (TPSA) is 38.7 Å². The van der Waals surface area contributed by atoms with Gasteiger partial charge in [-0.1, -0.05) is 31.4 Å². The van der Waals surface area contributed by atoms with Crippen molar-refractivity contribution in [2.75, 3.05) is 20.5 Å². The highest BCUT2D eigenvalue weighted by molar-refractivity contribution is 5.02. The van der Waals surface area contributed by atoms with Crippen LogP contribution in [0, 0.1) is 5.92 Å². The number of aliphatic hydroxyl groups excluding tert-OH is 1. The molecule has 0 spiro atoms. The zero-order chi connectivity index (χ0) is 11.6. The van der Waals surface area contributed by atoms with E-state index < -0.39 is 0 Å². The molecule has 0 amide bonds. The predicted molar refractivity (Wildman–Crippen MR) is 64.2 cm³/mol. The summed E-state index contributed by atoms with van der Waals surface area (Å²) in [5.41, 5.74) is 0. The minimum absolute atomic E-state index is 0.188. The normalized spacial score (nSPS) is 24.1. The van der Waals surface area contributed by atoms with Crippen molar-refractivity contribution in [3.05, 3.63) is 12.2 Å². The van der Waals surface area contributed by atoms with Crippen LogP contribution in [0.15, 0.2) is 12.2 Å². The molecule has 94 valence electrons. The van der Waals surface area contributed by atoms with Gasteiger partial charge in [-0.25, -0.2) is 0 Å². The summed E-state index contributed by atoms with van der Waals surface area (Å²) in [5, 5.41) is 9.31. The van der Waals surface area contributed by atoms with E-state index in [9.17, 15) is 5.11 Å². The molecule has 0 aromatic heterocycles. The monoisotopic (exact) mass is 228 g/mol. The van der Waals surface area contributed by atoms with Crippen LogP contribution in [0.25, 0.3) is 0 Å². The van der Waals surface area contributed by atoms with Crippen molar-refractivity contribution >= 4 is 0 Å². The summed E-state index contributed by atoms with van der Waals surface area (Å²) in [6, 6.07) is 0. The highest BCUT2D eigenvalue weighted by Gasteiger charge is 2.15. The van der Waals surface area contributed by atoms with Crippen LogP contribution in [-0.2, 0) is 9.47 Å². The van der Waals surface area contributed by atoms with Crippen molar-refractivity contribution in [3.63, 3.8) is 0 Å². The fourth-order valence-corrected chi connectivity index (χ4v) is 2.07.